The van der Waals surface area contributed by atoms with Crippen LogP contribution in [0.3, 0.4) is 0 Å². The summed E-state index contributed by atoms with van der Waals surface area (Å²) in [5.41, 5.74) is 0.853. The first kappa shape index (κ1) is 12.1. The topological polar surface area (TPSA) is 33.4 Å². The van der Waals surface area contributed by atoms with Gasteiger partial charge in [-0.1, -0.05) is 18.2 Å². The lowest BCUT2D eigenvalue weighted by Gasteiger charge is -2.09. The third-order valence-electron chi connectivity index (χ3n) is 2.69. The van der Waals surface area contributed by atoms with Crippen LogP contribution < -0.4 is 14.2 Å². The van der Waals surface area contributed by atoms with Crippen molar-refractivity contribution in [2.24, 2.45) is 0 Å². The molecule has 2 aromatic rings. The molecule has 1 aromatic carbocycles. The van der Waals surface area contributed by atoms with Crippen LogP contribution in [-0.4, -0.2) is 20.2 Å². The SMILES string of the molecule is COc1cc[n+](C(=O)N(C)c2ccccc2)cc1. The van der Waals surface area contributed by atoms with Gasteiger partial charge in [-0.3, -0.25) is 0 Å². The number of hydrogen-bond acceptors (Lipinski definition) is 2. The molecular formula is C14H15N2O2+. The van der Waals surface area contributed by atoms with Gasteiger partial charge in [-0.15, -0.1) is 0 Å². The van der Waals surface area contributed by atoms with E-state index in [0.717, 1.165) is 11.4 Å². The summed E-state index contributed by atoms with van der Waals surface area (Å²) in [5.74, 6) is 0.724. The van der Waals surface area contributed by atoms with Gasteiger partial charge in [-0.2, -0.15) is 14.3 Å². The molecule has 0 bridgehead atoms. The van der Waals surface area contributed by atoms with E-state index < -0.39 is 0 Å². The lowest BCUT2D eigenvalue weighted by Crippen LogP contribution is -2.50. The fourth-order valence-corrected chi connectivity index (χ4v) is 1.61. The lowest BCUT2D eigenvalue weighted by atomic mass is 10.3. The maximum absolute atomic E-state index is 12.2. The van der Waals surface area contributed by atoms with E-state index >= 15 is 0 Å². The standard InChI is InChI=1S/C14H15N2O2/c1-15(12-6-4-3-5-7-12)14(17)16-10-8-13(18-2)9-11-16/h3-11H,1-2H3/q+1. The number of para-hydroxylation sites is 1. The monoisotopic (exact) mass is 243 g/mol. The molecule has 4 heteroatoms. The highest BCUT2D eigenvalue weighted by Crippen LogP contribution is 2.11. The molecule has 0 spiro atoms. The molecule has 2 rings (SSSR count). The van der Waals surface area contributed by atoms with Crippen LogP contribution in [0.5, 0.6) is 5.75 Å². The van der Waals surface area contributed by atoms with Gasteiger partial charge < -0.3 is 4.74 Å². The summed E-state index contributed by atoms with van der Waals surface area (Å²) in [6.45, 7) is 0. The Bertz CT molecular complexity index is 523. The minimum absolute atomic E-state index is 0.121. The Hall–Kier alpha value is -2.36. The molecule has 1 aromatic heterocycles. The average Bonchev–Trinajstić information content (AvgIpc) is 2.47. The number of aromatic nitrogens is 1. The molecule has 4 nitrogen and oxygen atoms in total. The summed E-state index contributed by atoms with van der Waals surface area (Å²) in [5, 5.41) is 0. The second-order valence-corrected chi connectivity index (χ2v) is 3.82. The Morgan fingerprint density at radius 3 is 2.28 bits per heavy atom. The van der Waals surface area contributed by atoms with Crippen molar-refractivity contribution in [1.29, 1.82) is 0 Å². The molecule has 0 fully saturated rings. The van der Waals surface area contributed by atoms with Crippen molar-refractivity contribution in [2.75, 3.05) is 19.1 Å². The zero-order valence-corrected chi connectivity index (χ0v) is 10.4. The Morgan fingerprint density at radius 2 is 1.72 bits per heavy atom. The minimum atomic E-state index is -0.121. The summed E-state index contributed by atoms with van der Waals surface area (Å²) in [4.78, 5) is 13.8. The van der Waals surface area contributed by atoms with Crippen LogP contribution in [0.1, 0.15) is 0 Å². The second kappa shape index (κ2) is 5.31. The van der Waals surface area contributed by atoms with Crippen molar-refractivity contribution >= 4 is 11.7 Å². The van der Waals surface area contributed by atoms with E-state index in [1.165, 1.54) is 4.57 Å². The summed E-state index contributed by atoms with van der Waals surface area (Å²) in [6, 6.07) is 12.9. The largest absolute Gasteiger partial charge is 0.502 e. The molecule has 1 amide bonds. The fraction of sp³-hybridized carbons (Fsp3) is 0.143. The highest BCUT2D eigenvalue weighted by Gasteiger charge is 2.21. The van der Waals surface area contributed by atoms with Gasteiger partial charge >= 0.3 is 6.03 Å². The average molecular weight is 243 g/mol. The first-order chi connectivity index (χ1) is 8.72. The van der Waals surface area contributed by atoms with Crippen LogP contribution in [0.2, 0.25) is 0 Å². The summed E-state index contributed by atoms with van der Waals surface area (Å²) in [6.07, 6.45) is 3.36. The molecule has 0 atom stereocenters. The van der Waals surface area contributed by atoms with Gasteiger partial charge in [0.05, 0.1) is 14.2 Å². The molecule has 0 unspecified atom stereocenters. The van der Waals surface area contributed by atoms with Crippen LogP contribution >= 0.6 is 0 Å². The van der Waals surface area contributed by atoms with Crippen molar-refractivity contribution in [2.45, 2.75) is 0 Å². The predicted octanol–water partition coefficient (Wildman–Crippen LogP) is 2.09. The molecule has 0 saturated heterocycles. The smallest absolute Gasteiger partial charge is 0.496 e. The summed E-state index contributed by atoms with van der Waals surface area (Å²) in [7, 11) is 3.34. The Labute approximate surface area is 106 Å². The number of hydrogen-bond donors (Lipinski definition) is 0. The number of anilines is 1. The third-order valence-corrected chi connectivity index (χ3v) is 2.69. The number of carbonyl (C=O) groups excluding carboxylic acids is 1. The van der Waals surface area contributed by atoms with Crippen molar-refractivity contribution < 1.29 is 14.1 Å². The molecule has 0 aliphatic rings. The number of methoxy groups -OCH3 is 1. The molecule has 0 aliphatic heterocycles. The normalized spacial score (nSPS) is 9.89. The van der Waals surface area contributed by atoms with E-state index in [0.29, 0.717) is 0 Å². The quantitative estimate of drug-likeness (QED) is 0.757. The maximum atomic E-state index is 12.2. The number of pyridine rings is 1. The van der Waals surface area contributed by atoms with E-state index in [1.54, 1.807) is 43.6 Å². The van der Waals surface area contributed by atoms with Crippen LogP contribution in [-0.2, 0) is 0 Å². The number of amides is 1. The Kier molecular flexibility index (Phi) is 3.57. The van der Waals surface area contributed by atoms with Gasteiger partial charge in [-0.05, 0) is 12.1 Å². The third kappa shape index (κ3) is 2.48. The van der Waals surface area contributed by atoms with E-state index in [1.807, 2.05) is 30.3 Å². The van der Waals surface area contributed by atoms with Crippen molar-refractivity contribution in [3.8, 4) is 5.75 Å². The lowest BCUT2D eigenvalue weighted by molar-refractivity contribution is -0.569. The van der Waals surface area contributed by atoms with Crippen LogP contribution in [0.15, 0.2) is 54.9 Å². The first-order valence-corrected chi connectivity index (χ1v) is 5.61. The Balaban J connectivity index is 2.20. The second-order valence-electron chi connectivity index (χ2n) is 3.82. The van der Waals surface area contributed by atoms with Crippen molar-refractivity contribution in [3.63, 3.8) is 0 Å². The number of carbonyl (C=O) groups is 1. The van der Waals surface area contributed by atoms with Crippen molar-refractivity contribution in [1.82, 2.24) is 0 Å². The summed E-state index contributed by atoms with van der Waals surface area (Å²) >= 11 is 0. The van der Waals surface area contributed by atoms with Gasteiger partial charge in [0.25, 0.3) is 0 Å². The maximum Gasteiger partial charge on any atom is 0.502 e. The number of rotatable bonds is 2. The van der Waals surface area contributed by atoms with Gasteiger partial charge in [0.2, 0.25) is 0 Å². The molecule has 0 N–H and O–H groups in total. The van der Waals surface area contributed by atoms with Crippen LogP contribution in [0, 0.1) is 0 Å². The molecule has 92 valence electrons. The minimum Gasteiger partial charge on any atom is -0.496 e. The zero-order chi connectivity index (χ0) is 13.0. The highest BCUT2D eigenvalue weighted by molar-refractivity contribution is 5.84. The van der Waals surface area contributed by atoms with Crippen molar-refractivity contribution in [3.05, 3.63) is 54.9 Å². The molecular weight excluding hydrogens is 228 g/mol. The molecule has 0 saturated carbocycles. The van der Waals surface area contributed by atoms with Gasteiger partial charge in [0.1, 0.15) is 23.8 Å². The van der Waals surface area contributed by atoms with Crippen LogP contribution in [0.4, 0.5) is 10.5 Å². The fourth-order valence-electron chi connectivity index (χ4n) is 1.61. The highest BCUT2D eigenvalue weighted by atomic mass is 16.5. The van der Waals surface area contributed by atoms with E-state index in [9.17, 15) is 4.79 Å². The summed E-state index contributed by atoms with van der Waals surface area (Å²) < 4.78 is 6.57. The molecule has 1 heterocycles. The number of benzene rings is 1. The molecule has 0 aliphatic carbocycles. The van der Waals surface area contributed by atoms with E-state index in [-0.39, 0.29) is 6.03 Å². The number of nitrogens with zero attached hydrogens (tertiary/aromatic N) is 2. The first-order valence-electron chi connectivity index (χ1n) is 5.61. The van der Waals surface area contributed by atoms with Gasteiger partial charge in [0.15, 0.2) is 0 Å². The number of ether oxygens (including phenoxy) is 1. The zero-order valence-electron chi connectivity index (χ0n) is 10.4. The van der Waals surface area contributed by atoms with Gasteiger partial charge in [0, 0.05) is 12.1 Å². The van der Waals surface area contributed by atoms with E-state index in [2.05, 4.69) is 0 Å². The predicted molar refractivity (Wildman–Crippen MR) is 68.8 cm³/mol. The van der Waals surface area contributed by atoms with Crippen LogP contribution in [0.25, 0.3) is 0 Å². The molecule has 0 radical (unpaired) electrons. The van der Waals surface area contributed by atoms with Gasteiger partial charge in [-0.25, -0.2) is 0 Å². The molecule has 18 heavy (non-hydrogen) atoms. The Morgan fingerprint density at radius 1 is 1.11 bits per heavy atom. The van der Waals surface area contributed by atoms with E-state index in [4.69, 9.17) is 4.74 Å².